The van der Waals surface area contributed by atoms with Crippen molar-refractivity contribution in [2.45, 2.75) is 71.1 Å². The van der Waals surface area contributed by atoms with Crippen LogP contribution in [0.4, 0.5) is 0 Å². The van der Waals surface area contributed by atoms with E-state index in [1.54, 1.807) is 0 Å². The van der Waals surface area contributed by atoms with E-state index in [1.807, 2.05) is 14.0 Å². The van der Waals surface area contributed by atoms with Crippen LogP contribution in [0.2, 0.25) is 0 Å². The van der Waals surface area contributed by atoms with Gasteiger partial charge in [0, 0.05) is 13.0 Å². The smallest absolute Gasteiger partial charge is 0.319 e. The lowest BCUT2D eigenvalue weighted by molar-refractivity contribution is -0.921. The number of hydrogen-bond acceptors (Lipinski definition) is 4. The Labute approximate surface area is 155 Å². The van der Waals surface area contributed by atoms with E-state index < -0.39 is 15.5 Å². The van der Waals surface area contributed by atoms with E-state index in [1.165, 1.54) is 19.3 Å². The molecular weight excluding hydrogens is 342 g/mol. The van der Waals surface area contributed by atoms with Crippen LogP contribution in [0.15, 0.2) is 0 Å². The molecule has 6 nitrogen and oxygen atoms in total. The van der Waals surface area contributed by atoms with Gasteiger partial charge >= 0.3 is 10.1 Å². The first-order valence-corrected chi connectivity index (χ1v) is 11.3. The summed E-state index contributed by atoms with van der Waals surface area (Å²) in [7, 11) is -2.17. The predicted octanol–water partition coefficient (Wildman–Crippen LogP) is 3.47. The quantitative estimate of drug-likeness (QED) is 0.237. The van der Waals surface area contributed by atoms with Crippen LogP contribution in [0.25, 0.3) is 0 Å². The van der Waals surface area contributed by atoms with Gasteiger partial charge in [0.2, 0.25) is 5.37 Å². The van der Waals surface area contributed by atoms with Crippen molar-refractivity contribution in [2.75, 3.05) is 46.6 Å². The topological polar surface area (TPSA) is 72.8 Å². The van der Waals surface area contributed by atoms with E-state index in [4.69, 9.17) is 9.47 Å². The number of rotatable bonds is 17. The molecule has 7 heteroatoms. The molecule has 0 bridgehead atoms. The van der Waals surface area contributed by atoms with E-state index in [9.17, 15) is 13.0 Å². The molecule has 0 amide bonds. The lowest BCUT2D eigenvalue weighted by Gasteiger charge is -2.39. The molecule has 0 aromatic carbocycles. The minimum absolute atomic E-state index is 0.303. The number of ether oxygens (including phenoxy) is 2. The molecule has 0 fully saturated rings. The van der Waals surface area contributed by atoms with E-state index in [0.717, 1.165) is 32.4 Å². The normalized spacial score (nSPS) is 15.9. The highest BCUT2D eigenvalue weighted by atomic mass is 32.2. The molecule has 2 atom stereocenters. The molecule has 0 saturated carbocycles. The standard InChI is InChI=1S/C18H39NO5S/c1-5-8-9-10-11-12-19(4,18(7-3)25(20,21)22)13-15-24-17-16-23-14-6-2/h18H,5-17H2,1-4H3/p+1. The van der Waals surface area contributed by atoms with Crippen molar-refractivity contribution in [3.63, 3.8) is 0 Å². The number of likely N-dealkylation sites (N-methyl/N-ethyl adjacent to an activating group) is 1. The highest BCUT2D eigenvalue weighted by molar-refractivity contribution is 7.86. The van der Waals surface area contributed by atoms with Crippen molar-refractivity contribution < 1.29 is 26.9 Å². The third-order valence-electron chi connectivity index (χ3n) is 4.63. The summed E-state index contributed by atoms with van der Waals surface area (Å²) in [4.78, 5) is 0. The molecule has 0 radical (unpaired) electrons. The van der Waals surface area contributed by atoms with Gasteiger partial charge in [-0.15, -0.1) is 0 Å². The fourth-order valence-electron chi connectivity index (χ4n) is 3.19. The van der Waals surface area contributed by atoms with Gasteiger partial charge in [-0.1, -0.05) is 40.0 Å². The highest BCUT2D eigenvalue weighted by Crippen LogP contribution is 2.21. The molecule has 0 aromatic heterocycles. The van der Waals surface area contributed by atoms with Gasteiger partial charge in [0.1, 0.15) is 6.54 Å². The first-order valence-electron chi connectivity index (χ1n) is 9.77. The fraction of sp³-hybridized carbons (Fsp3) is 1.00. The van der Waals surface area contributed by atoms with E-state index >= 15 is 0 Å². The van der Waals surface area contributed by atoms with Gasteiger partial charge in [-0.25, -0.2) is 0 Å². The molecule has 0 rings (SSSR count). The predicted molar refractivity (Wildman–Crippen MR) is 102 cm³/mol. The Morgan fingerprint density at radius 2 is 1.44 bits per heavy atom. The van der Waals surface area contributed by atoms with Gasteiger partial charge < -0.3 is 14.0 Å². The maximum Gasteiger partial charge on any atom is 0.319 e. The summed E-state index contributed by atoms with van der Waals surface area (Å²) in [5, 5.41) is -0.793. The maximum atomic E-state index is 11.8. The second kappa shape index (κ2) is 13.9. The van der Waals surface area contributed by atoms with Gasteiger partial charge in [-0.05, 0) is 19.3 Å². The Kier molecular flexibility index (Phi) is 13.8. The molecule has 25 heavy (non-hydrogen) atoms. The molecule has 152 valence electrons. The zero-order chi connectivity index (χ0) is 19.2. The number of unbranched alkanes of at least 4 members (excludes halogenated alkanes) is 4. The first-order chi connectivity index (χ1) is 11.8. The largest absolute Gasteiger partial charge is 0.379 e. The molecular formula is C18H40NO5S+. The van der Waals surface area contributed by atoms with Crippen molar-refractivity contribution >= 4 is 10.1 Å². The van der Waals surface area contributed by atoms with Gasteiger partial charge in [-0.3, -0.25) is 4.55 Å². The van der Waals surface area contributed by atoms with Gasteiger partial charge in [-0.2, -0.15) is 8.42 Å². The minimum atomic E-state index is -4.08. The van der Waals surface area contributed by atoms with Crippen LogP contribution < -0.4 is 0 Å². The van der Waals surface area contributed by atoms with Crippen LogP contribution in [0.3, 0.4) is 0 Å². The SMILES string of the molecule is CCCCCCC[N+](C)(CCOCCOCCC)C(CC)S(=O)(=O)O. The number of hydrogen-bond donors (Lipinski definition) is 1. The highest BCUT2D eigenvalue weighted by Gasteiger charge is 2.39. The number of nitrogens with zero attached hydrogens (tertiary/aromatic N) is 1. The maximum absolute atomic E-state index is 11.8. The summed E-state index contributed by atoms with van der Waals surface area (Å²) in [6, 6.07) is 0. The summed E-state index contributed by atoms with van der Waals surface area (Å²) in [5.74, 6) is 0. The molecule has 0 aliphatic heterocycles. The van der Waals surface area contributed by atoms with Crippen molar-refractivity contribution in [2.24, 2.45) is 0 Å². The Bertz CT molecular complexity index is 416. The van der Waals surface area contributed by atoms with E-state index in [0.29, 0.717) is 37.3 Å². The van der Waals surface area contributed by atoms with Crippen molar-refractivity contribution in [3.05, 3.63) is 0 Å². The van der Waals surface area contributed by atoms with Crippen LogP contribution in [0, 0.1) is 0 Å². The zero-order valence-corrected chi connectivity index (χ0v) is 17.5. The molecule has 0 saturated heterocycles. The Morgan fingerprint density at radius 1 is 0.840 bits per heavy atom. The van der Waals surface area contributed by atoms with Crippen LogP contribution >= 0.6 is 0 Å². The van der Waals surface area contributed by atoms with Crippen LogP contribution in [-0.2, 0) is 19.6 Å². The second-order valence-corrected chi connectivity index (χ2v) is 8.52. The van der Waals surface area contributed by atoms with Gasteiger partial charge in [0.25, 0.3) is 0 Å². The van der Waals surface area contributed by atoms with Gasteiger partial charge in [0.05, 0.1) is 33.4 Å². The Hall–Kier alpha value is -0.210. The second-order valence-electron chi connectivity index (χ2n) is 6.94. The average Bonchev–Trinajstić information content (AvgIpc) is 2.53. The van der Waals surface area contributed by atoms with Crippen LogP contribution in [-0.4, -0.2) is 69.4 Å². The lowest BCUT2D eigenvalue weighted by Crippen LogP contribution is -2.57. The minimum Gasteiger partial charge on any atom is -0.379 e. The molecule has 0 heterocycles. The summed E-state index contributed by atoms with van der Waals surface area (Å²) in [6.45, 7) is 9.62. The zero-order valence-electron chi connectivity index (χ0n) is 16.7. The molecule has 0 spiro atoms. The Balaban J connectivity index is 4.56. The summed E-state index contributed by atoms with van der Waals surface area (Å²) < 4.78 is 44.6. The summed E-state index contributed by atoms with van der Waals surface area (Å²) in [5.41, 5.74) is 0. The third kappa shape index (κ3) is 11.2. The molecule has 1 N–H and O–H groups in total. The van der Waals surface area contributed by atoms with Crippen molar-refractivity contribution in [3.8, 4) is 0 Å². The van der Waals surface area contributed by atoms with Crippen LogP contribution in [0.1, 0.15) is 65.7 Å². The summed E-state index contributed by atoms with van der Waals surface area (Å²) >= 11 is 0. The molecule has 0 aliphatic carbocycles. The monoisotopic (exact) mass is 382 g/mol. The Morgan fingerprint density at radius 3 is 1.96 bits per heavy atom. The van der Waals surface area contributed by atoms with Crippen molar-refractivity contribution in [1.29, 1.82) is 0 Å². The average molecular weight is 383 g/mol. The van der Waals surface area contributed by atoms with Crippen molar-refractivity contribution in [1.82, 2.24) is 0 Å². The van der Waals surface area contributed by atoms with Crippen LogP contribution in [0.5, 0.6) is 0 Å². The fourth-order valence-corrected chi connectivity index (χ4v) is 4.46. The summed E-state index contributed by atoms with van der Waals surface area (Å²) in [6.07, 6.45) is 6.99. The van der Waals surface area contributed by atoms with E-state index in [2.05, 4.69) is 13.8 Å². The van der Waals surface area contributed by atoms with E-state index in [-0.39, 0.29) is 0 Å². The number of quaternary nitrogens is 1. The molecule has 0 aliphatic rings. The van der Waals surface area contributed by atoms with Gasteiger partial charge in [0.15, 0.2) is 0 Å². The lowest BCUT2D eigenvalue weighted by atomic mass is 10.1. The molecule has 0 aromatic rings. The first kappa shape index (κ1) is 24.8. The third-order valence-corrected chi connectivity index (χ3v) is 6.16. The molecule has 2 unspecified atom stereocenters.